The molecule has 0 saturated heterocycles. The van der Waals surface area contributed by atoms with Gasteiger partial charge in [-0.25, -0.2) is 4.79 Å². The first kappa shape index (κ1) is 12.6. The molecule has 6 nitrogen and oxygen atoms in total. The van der Waals surface area contributed by atoms with Gasteiger partial charge in [-0.05, 0) is 24.3 Å². The van der Waals surface area contributed by atoms with E-state index in [2.05, 4.69) is 0 Å². The Kier molecular flexibility index (Phi) is 3.15. The molecule has 0 unspecified atom stereocenters. The first-order valence-corrected chi connectivity index (χ1v) is 5.24. The van der Waals surface area contributed by atoms with Crippen LogP contribution in [0.3, 0.4) is 0 Å². The molecule has 0 atom stereocenters. The smallest absolute Gasteiger partial charge is 0.347 e. The molecule has 19 heavy (non-hydrogen) atoms. The van der Waals surface area contributed by atoms with Crippen LogP contribution in [0.5, 0.6) is 28.7 Å². The van der Waals surface area contributed by atoms with E-state index in [1.54, 1.807) is 0 Å². The number of hydrogen-bond acceptors (Lipinski definition) is 6. The van der Waals surface area contributed by atoms with E-state index in [0.717, 1.165) is 12.1 Å². The highest BCUT2D eigenvalue weighted by molar-refractivity contribution is 5.95. The van der Waals surface area contributed by atoms with Crippen molar-refractivity contribution in [1.82, 2.24) is 0 Å². The van der Waals surface area contributed by atoms with Gasteiger partial charge in [-0.1, -0.05) is 6.07 Å². The van der Waals surface area contributed by atoms with Crippen LogP contribution in [0.1, 0.15) is 10.4 Å². The van der Waals surface area contributed by atoms with Gasteiger partial charge in [-0.15, -0.1) is 0 Å². The number of phenolic OH excluding ortho intramolecular Hbond substituents is 4. The van der Waals surface area contributed by atoms with Gasteiger partial charge in [-0.3, -0.25) is 0 Å². The molecular formula is C13H10O6. The van der Waals surface area contributed by atoms with E-state index in [1.807, 2.05) is 0 Å². The largest absolute Gasteiger partial charge is 0.508 e. The predicted octanol–water partition coefficient (Wildman–Crippen LogP) is 1.73. The molecule has 0 aliphatic heterocycles. The summed E-state index contributed by atoms with van der Waals surface area (Å²) in [5, 5.41) is 37.2. The number of carbonyl (C=O) groups is 1. The maximum absolute atomic E-state index is 11.8. The molecule has 2 rings (SSSR count). The average molecular weight is 262 g/mol. The number of ether oxygens (including phenoxy) is 1. The molecular weight excluding hydrogens is 252 g/mol. The van der Waals surface area contributed by atoms with E-state index in [4.69, 9.17) is 9.84 Å². The van der Waals surface area contributed by atoms with Gasteiger partial charge < -0.3 is 25.2 Å². The van der Waals surface area contributed by atoms with Crippen molar-refractivity contribution < 1.29 is 30.0 Å². The second kappa shape index (κ2) is 4.77. The van der Waals surface area contributed by atoms with E-state index in [0.29, 0.717) is 0 Å². The molecule has 0 aromatic heterocycles. The number of phenols is 4. The van der Waals surface area contributed by atoms with Gasteiger partial charge >= 0.3 is 5.97 Å². The van der Waals surface area contributed by atoms with Crippen LogP contribution in [0, 0.1) is 0 Å². The quantitative estimate of drug-likeness (QED) is 0.373. The van der Waals surface area contributed by atoms with E-state index < -0.39 is 23.2 Å². The van der Waals surface area contributed by atoms with Crippen molar-refractivity contribution in [3.05, 3.63) is 42.0 Å². The van der Waals surface area contributed by atoms with Crippen LogP contribution < -0.4 is 4.74 Å². The van der Waals surface area contributed by atoms with Gasteiger partial charge in [0.25, 0.3) is 0 Å². The molecule has 0 spiro atoms. The van der Waals surface area contributed by atoms with Gasteiger partial charge in [0.2, 0.25) is 5.75 Å². The fraction of sp³-hybridized carbons (Fsp3) is 0. The van der Waals surface area contributed by atoms with E-state index in [9.17, 15) is 20.1 Å². The third-order valence-electron chi connectivity index (χ3n) is 2.38. The third-order valence-corrected chi connectivity index (χ3v) is 2.38. The molecule has 0 aliphatic rings. The zero-order valence-corrected chi connectivity index (χ0v) is 9.57. The summed E-state index contributed by atoms with van der Waals surface area (Å²) < 4.78 is 4.91. The molecule has 0 radical (unpaired) electrons. The highest BCUT2D eigenvalue weighted by Crippen LogP contribution is 2.37. The van der Waals surface area contributed by atoms with Crippen molar-refractivity contribution in [2.45, 2.75) is 0 Å². The van der Waals surface area contributed by atoms with Crippen LogP contribution in [0.25, 0.3) is 0 Å². The van der Waals surface area contributed by atoms with Crippen LogP contribution >= 0.6 is 0 Å². The molecule has 0 heterocycles. The number of hydrogen-bond donors (Lipinski definition) is 4. The number of carbonyl (C=O) groups excluding carboxylic acids is 1. The Morgan fingerprint density at radius 2 is 1.68 bits per heavy atom. The Labute approximate surface area is 107 Å². The summed E-state index contributed by atoms with van der Waals surface area (Å²) in [6, 6.07) is 7.70. The number of benzene rings is 2. The third kappa shape index (κ3) is 2.52. The molecule has 0 saturated carbocycles. The normalized spacial score (nSPS) is 10.1. The lowest BCUT2D eigenvalue weighted by Crippen LogP contribution is -2.08. The average Bonchev–Trinajstić information content (AvgIpc) is 2.36. The Morgan fingerprint density at radius 3 is 2.37 bits per heavy atom. The van der Waals surface area contributed by atoms with Gasteiger partial charge in [0.1, 0.15) is 17.1 Å². The molecule has 0 fully saturated rings. The van der Waals surface area contributed by atoms with Crippen LogP contribution in [0.4, 0.5) is 0 Å². The van der Waals surface area contributed by atoms with Crippen molar-refractivity contribution in [2.75, 3.05) is 0 Å². The summed E-state index contributed by atoms with van der Waals surface area (Å²) in [4.78, 5) is 11.8. The molecule has 4 N–H and O–H groups in total. The van der Waals surface area contributed by atoms with Crippen LogP contribution in [-0.4, -0.2) is 26.4 Å². The topological polar surface area (TPSA) is 107 Å². The van der Waals surface area contributed by atoms with E-state index in [1.165, 1.54) is 24.3 Å². The highest BCUT2D eigenvalue weighted by Gasteiger charge is 2.19. The standard InChI is InChI=1S/C13H10O6/c14-7-2-1-3-8(6-7)19-13(18)9-4-5-10(15)12(17)11(9)16/h1-6,14-17H. The van der Waals surface area contributed by atoms with Crippen LogP contribution in [0.2, 0.25) is 0 Å². The maximum atomic E-state index is 11.8. The first-order valence-electron chi connectivity index (χ1n) is 5.24. The fourth-order valence-electron chi connectivity index (χ4n) is 1.44. The molecule has 0 aliphatic carbocycles. The zero-order valence-electron chi connectivity index (χ0n) is 9.57. The number of rotatable bonds is 2. The lowest BCUT2D eigenvalue weighted by molar-refractivity contribution is 0.0730. The SMILES string of the molecule is O=C(Oc1cccc(O)c1)c1ccc(O)c(O)c1O. The van der Waals surface area contributed by atoms with Crippen LogP contribution in [0.15, 0.2) is 36.4 Å². The molecule has 6 heteroatoms. The number of aromatic hydroxyl groups is 4. The van der Waals surface area contributed by atoms with Gasteiger partial charge in [0.05, 0.1) is 0 Å². The summed E-state index contributed by atoms with van der Waals surface area (Å²) in [6.45, 7) is 0. The monoisotopic (exact) mass is 262 g/mol. The van der Waals surface area contributed by atoms with Crippen LogP contribution in [-0.2, 0) is 0 Å². The molecule has 98 valence electrons. The zero-order chi connectivity index (χ0) is 14.0. The fourth-order valence-corrected chi connectivity index (χ4v) is 1.44. The first-order chi connectivity index (χ1) is 8.99. The van der Waals surface area contributed by atoms with E-state index >= 15 is 0 Å². The minimum absolute atomic E-state index is 0.0805. The second-order valence-corrected chi connectivity index (χ2v) is 3.72. The van der Waals surface area contributed by atoms with Crippen molar-refractivity contribution in [3.63, 3.8) is 0 Å². The molecule has 2 aromatic carbocycles. The maximum Gasteiger partial charge on any atom is 0.347 e. The minimum atomic E-state index is -0.932. The summed E-state index contributed by atoms with van der Waals surface area (Å²) in [5.74, 6) is -3.06. The number of esters is 1. The Hall–Kier alpha value is -2.89. The van der Waals surface area contributed by atoms with Gasteiger partial charge in [0, 0.05) is 6.07 Å². The Bertz CT molecular complexity index is 635. The highest BCUT2D eigenvalue weighted by atomic mass is 16.5. The summed E-state index contributed by atoms with van der Waals surface area (Å²) in [7, 11) is 0. The predicted molar refractivity (Wildman–Crippen MR) is 64.5 cm³/mol. The molecule has 2 aromatic rings. The summed E-state index contributed by atoms with van der Waals surface area (Å²) >= 11 is 0. The van der Waals surface area contributed by atoms with Gasteiger partial charge in [0.15, 0.2) is 11.5 Å². The minimum Gasteiger partial charge on any atom is -0.508 e. The Morgan fingerprint density at radius 1 is 0.947 bits per heavy atom. The lowest BCUT2D eigenvalue weighted by atomic mass is 10.1. The van der Waals surface area contributed by atoms with Gasteiger partial charge in [-0.2, -0.15) is 0 Å². The van der Waals surface area contributed by atoms with Crippen molar-refractivity contribution in [1.29, 1.82) is 0 Å². The Balaban J connectivity index is 2.28. The van der Waals surface area contributed by atoms with Crippen molar-refractivity contribution in [2.24, 2.45) is 0 Å². The second-order valence-electron chi connectivity index (χ2n) is 3.72. The molecule has 0 bridgehead atoms. The summed E-state index contributed by atoms with van der Waals surface area (Å²) in [6.07, 6.45) is 0. The van der Waals surface area contributed by atoms with E-state index in [-0.39, 0.29) is 17.1 Å². The lowest BCUT2D eigenvalue weighted by Gasteiger charge is -2.08. The van der Waals surface area contributed by atoms with Crippen molar-refractivity contribution >= 4 is 5.97 Å². The molecule has 0 amide bonds. The summed E-state index contributed by atoms with van der Waals surface area (Å²) in [5.41, 5.74) is -0.307. The van der Waals surface area contributed by atoms with Crippen molar-refractivity contribution in [3.8, 4) is 28.7 Å².